The summed E-state index contributed by atoms with van der Waals surface area (Å²) in [6.07, 6.45) is 2.98. The molecule has 0 fully saturated rings. The molecule has 3 rings (SSSR count). The van der Waals surface area contributed by atoms with E-state index in [1.165, 1.54) is 16.9 Å². The zero-order valence-corrected chi connectivity index (χ0v) is 19.8. The lowest BCUT2D eigenvalue weighted by atomic mass is 9.91. The summed E-state index contributed by atoms with van der Waals surface area (Å²) in [5.41, 5.74) is -0.603. The Bertz CT molecular complexity index is 1140. The average Bonchev–Trinajstić information content (AvgIpc) is 3.15. The van der Waals surface area contributed by atoms with Crippen LogP contribution in [0.25, 0.3) is 16.9 Å². The highest BCUT2D eigenvalue weighted by Gasteiger charge is 2.31. The molecule has 0 aliphatic heterocycles. The third-order valence-electron chi connectivity index (χ3n) is 4.80. The third-order valence-corrected chi connectivity index (χ3v) is 4.80. The van der Waals surface area contributed by atoms with E-state index >= 15 is 0 Å². The van der Waals surface area contributed by atoms with Crippen LogP contribution in [0.1, 0.15) is 48.0 Å². The largest absolute Gasteiger partial charge is 0.488 e. The summed E-state index contributed by atoms with van der Waals surface area (Å²) < 4.78 is 42.3. The molecule has 0 aliphatic carbocycles. The van der Waals surface area contributed by atoms with Crippen LogP contribution in [0.5, 0.6) is 5.75 Å². The van der Waals surface area contributed by atoms with Crippen LogP contribution in [0, 0.1) is 17.6 Å². The van der Waals surface area contributed by atoms with E-state index in [2.05, 4.69) is 15.4 Å². The number of hydrogen-bond acceptors (Lipinski definition) is 5. The van der Waals surface area contributed by atoms with Gasteiger partial charge >= 0.3 is 6.09 Å². The van der Waals surface area contributed by atoms with Crippen LogP contribution in [0.2, 0.25) is 0 Å². The van der Waals surface area contributed by atoms with Gasteiger partial charge in [0.25, 0.3) is 0 Å². The van der Waals surface area contributed by atoms with Gasteiger partial charge in [0.05, 0.1) is 17.4 Å². The summed E-state index contributed by atoms with van der Waals surface area (Å²) in [6, 6.07) is 5.30. The summed E-state index contributed by atoms with van der Waals surface area (Å²) in [5, 5.41) is 6.94. The molecule has 2 aromatic heterocycles. The molecular weight excluding hydrogens is 430 g/mol. The number of ether oxygens (including phenoxy) is 2. The molecule has 7 nitrogen and oxygen atoms in total. The fourth-order valence-corrected chi connectivity index (χ4v) is 3.71. The van der Waals surface area contributed by atoms with Crippen LogP contribution in [-0.2, 0) is 4.74 Å². The Morgan fingerprint density at radius 3 is 2.52 bits per heavy atom. The van der Waals surface area contributed by atoms with Crippen molar-refractivity contribution in [2.24, 2.45) is 5.92 Å². The van der Waals surface area contributed by atoms with Crippen molar-refractivity contribution in [1.82, 2.24) is 19.9 Å². The number of rotatable bonds is 7. The fraction of sp³-hybridized carbons (Fsp3) is 0.458. The Kier molecular flexibility index (Phi) is 6.90. The minimum atomic E-state index is -0.857. The van der Waals surface area contributed by atoms with Gasteiger partial charge in [-0.3, -0.25) is 0 Å². The smallest absolute Gasteiger partial charge is 0.408 e. The number of hydrogen-bond donors (Lipinski definition) is 1. The lowest BCUT2D eigenvalue weighted by Crippen LogP contribution is -2.52. The average molecular weight is 461 g/mol. The molecule has 3 aromatic rings. The number of carbonyl (C=O) groups is 1. The third kappa shape index (κ3) is 6.18. The van der Waals surface area contributed by atoms with Crippen LogP contribution in [0.3, 0.4) is 0 Å². The molecule has 0 saturated carbocycles. The molecule has 1 aromatic carbocycles. The zero-order valence-electron chi connectivity index (χ0n) is 19.8. The van der Waals surface area contributed by atoms with Gasteiger partial charge in [-0.1, -0.05) is 13.8 Å². The number of aromatic nitrogens is 3. The number of nitrogens with one attached hydrogen (secondary N) is 1. The van der Waals surface area contributed by atoms with Crippen molar-refractivity contribution in [1.29, 1.82) is 0 Å². The van der Waals surface area contributed by atoms with E-state index in [1.54, 1.807) is 39.8 Å². The van der Waals surface area contributed by atoms with Gasteiger partial charge in [0.2, 0.25) is 0 Å². The van der Waals surface area contributed by atoms with Gasteiger partial charge in [0.15, 0.2) is 17.2 Å². The molecule has 2 heterocycles. The maximum absolute atomic E-state index is 15.0. The number of carbonyl (C=O) groups excluding carboxylic acids is 1. The molecule has 0 radical (unpaired) electrons. The number of nitrogens with zero attached hydrogens (tertiary/aromatic N) is 3. The second-order valence-electron chi connectivity index (χ2n) is 9.77. The van der Waals surface area contributed by atoms with Crippen LogP contribution in [-0.4, -0.2) is 38.4 Å². The maximum atomic E-state index is 15.0. The molecule has 9 heteroatoms. The SMILES string of the molecule is CC(C)C[C@@](C)(COc1cc(F)c(-c2ccnc3ccnn23)cc1F)NC(=O)OC(C)(C)C. The monoisotopic (exact) mass is 460 g/mol. The van der Waals surface area contributed by atoms with E-state index in [1.807, 2.05) is 13.8 Å². The van der Waals surface area contributed by atoms with Crippen molar-refractivity contribution in [2.75, 3.05) is 6.61 Å². The predicted molar refractivity (Wildman–Crippen MR) is 121 cm³/mol. The molecule has 0 aliphatic rings. The van der Waals surface area contributed by atoms with Crippen molar-refractivity contribution in [3.05, 3.63) is 48.3 Å². The minimum absolute atomic E-state index is 0.0350. The zero-order chi connectivity index (χ0) is 24.4. The second-order valence-corrected chi connectivity index (χ2v) is 9.77. The maximum Gasteiger partial charge on any atom is 0.408 e. The molecule has 0 bridgehead atoms. The first kappa shape index (κ1) is 24.4. The first-order valence-corrected chi connectivity index (χ1v) is 10.8. The van der Waals surface area contributed by atoms with Gasteiger partial charge in [-0.15, -0.1) is 0 Å². The summed E-state index contributed by atoms with van der Waals surface area (Å²) in [4.78, 5) is 16.5. The lowest BCUT2D eigenvalue weighted by Gasteiger charge is -2.33. The quantitative estimate of drug-likeness (QED) is 0.512. The van der Waals surface area contributed by atoms with E-state index in [0.717, 1.165) is 12.1 Å². The van der Waals surface area contributed by atoms with Gasteiger partial charge < -0.3 is 14.8 Å². The molecule has 1 N–H and O–H groups in total. The predicted octanol–water partition coefficient (Wildman–Crippen LogP) is 5.38. The Morgan fingerprint density at radius 2 is 1.85 bits per heavy atom. The minimum Gasteiger partial charge on any atom is -0.488 e. The van der Waals surface area contributed by atoms with Gasteiger partial charge in [0.1, 0.15) is 18.0 Å². The van der Waals surface area contributed by atoms with Gasteiger partial charge in [-0.05, 0) is 52.2 Å². The molecule has 1 amide bonds. The number of alkyl carbamates (subject to hydrolysis) is 1. The molecule has 178 valence electrons. The first-order chi connectivity index (χ1) is 15.4. The highest BCUT2D eigenvalue weighted by Crippen LogP contribution is 2.30. The van der Waals surface area contributed by atoms with Gasteiger partial charge in [0, 0.05) is 23.9 Å². The van der Waals surface area contributed by atoms with Crippen molar-refractivity contribution >= 4 is 11.7 Å². The summed E-state index contributed by atoms with van der Waals surface area (Å²) in [7, 11) is 0. The highest BCUT2D eigenvalue weighted by molar-refractivity contribution is 5.68. The van der Waals surface area contributed by atoms with Crippen molar-refractivity contribution in [2.45, 2.75) is 59.1 Å². The molecular formula is C24H30F2N4O3. The lowest BCUT2D eigenvalue weighted by molar-refractivity contribution is 0.0406. The number of amides is 1. The topological polar surface area (TPSA) is 77.8 Å². The summed E-state index contributed by atoms with van der Waals surface area (Å²) >= 11 is 0. The van der Waals surface area contributed by atoms with Gasteiger partial charge in [-0.2, -0.15) is 5.10 Å². The van der Waals surface area contributed by atoms with Crippen LogP contribution >= 0.6 is 0 Å². The Labute approximate surface area is 192 Å². The van der Waals surface area contributed by atoms with E-state index in [0.29, 0.717) is 17.8 Å². The van der Waals surface area contributed by atoms with Crippen LogP contribution in [0.4, 0.5) is 13.6 Å². The van der Waals surface area contributed by atoms with E-state index < -0.39 is 28.9 Å². The standard InChI is InChI=1S/C24H30F2N4O3/c1-15(2)13-24(6,29-22(31)33-23(3,4)5)14-32-20-12-17(25)16(11-18(20)26)19-7-9-27-21-8-10-28-30(19)21/h7-12,15H,13-14H2,1-6H3,(H,29,31)/t24-/m0/s1. The fourth-order valence-electron chi connectivity index (χ4n) is 3.71. The van der Waals surface area contributed by atoms with Crippen molar-refractivity contribution in [3.8, 4) is 17.0 Å². The first-order valence-electron chi connectivity index (χ1n) is 10.8. The molecule has 1 atom stereocenters. The summed E-state index contributed by atoms with van der Waals surface area (Å²) in [6.45, 7) is 11.0. The molecule has 0 saturated heterocycles. The van der Waals surface area contributed by atoms with E-state index in [9.17, 15) is 13.6 Å². The Balaban J connectivity index is 1.82. The number of halogens is 2. The second kappa shape index (κ2) is 9.33. The number of fused-ring (bicyclic) bond motifs is 1. The van der Waals surface area contributed by atoms with Crippen molar-refractivity contribution in [3.63, 3.8) is 0 Å². The molecule has 33 heavy (non-hydrogen) atoms. The molecule has 0 spiro atoms. The highest BCUT2D eigenvalue weighted by atomic mass is 19.1. The Morgan fingerprint density at radius 1 is 1.12 bits per heavy atom. The molecule has 0 unspecified atom stereocenters. The van der Waals surface area contributed by atoms with Crippen LogP contribution in [0.15, 0.2) is 36.7 Å². The van der Waals surface area contributed by atoms with E-state index in [-0.39, 0.29) is 23.8 Å². The van der Waals surface area contributed by atoms with E-state index in [4.69, 9.17) is 9.47 Å². The summed E-state index contributed by atoms with van der Waals surface area (Å²) in [5.74, 6) is -1.43. The normalized spacial score (nSPS) is 13.7. The van der Waals surface area contributed by atoms with Crippen LogP contribution < -0.4 is 10.1 Å². The Hall–Kier alpha value is -3.23. The van der Waals surface area contributed by atoms with Gasteiger partial charge in [-0.25, -0.2) is 23.1 Å². The number of benzene rings is 1. The van der Waals surface area contributed by atoms with Crippen molar-refractivity contribution < 1.29 is 23.0 Å².